The number of halogens is 1. The van der Waals surface area contributed by atoms with Crippen molar-refractivity contribution in [2.75, 3.05) is 0 Å². The van der Waals surface area contributed by atoms with Crippen LogP contribution in [0.2, 0.25) is 5.02 Å². The Morgan fingerprint density at radius 2 is 2.00 bits per heavy atom. The lowest BCUT2D eigenvalue weighted by Gasteiger charge is -2.02. The molecular weight excluding hydrogens is 262 g/mol. The number of fused-ring (bicyclic) bond motifs is 1. The highest BCUT2D eigenvalue weighted by Gasteiger charge is 2.11. The largest absolute Gasteiger partial charge is 0.317 e. The first kappa shape index (κ1) is 11.9. The lowest BCUT2D eigenvalue weighted by Crippen LogP contribution is -2.20. The summed E-state index contributed by atoms with van der Waals surface area (Å²) in [5, 5.41) is 4.29. The summed E-state index contributed by atoms with van der Waals surface area (Å²) in [6.45, 7) is 0. The molecule has 4 nitrogen and oxygen atoms in total. The van der Waals surface area contributed by atoms with Crippen molar-refractivity contribution in [3.63, 3.8) is 0 Å². The van der Waals surface area contributed by atoms with Crippen molar-refractivity contribution in [3.8, 4) is 0 Å². The normalized spacial score (nSPS) is 10.8. The zero-order valence-corrected chi connectivity index (χ0v) is 10.8. The predicted molar refractivity (Wildman–Crippen MR) is 73.7 cm³/mol. The fraction of sp³-hybridized carbons (Fsp3) is 0.0714. The molecule has 0 fully saturated rings. The molecule has 2 heterocycles. The van der Waals surface area contributed by atoms with Crippen LogP contribution in [0, 0.1) is 4.91 Å². The number of nitrogens with one attached hydrogen (secondary N) is 1. The van der Waals surface area contributed by atoms with E-state index in [2.05, 4.69) is 10.1 Å². The van der Waals surface area contributed by atoms with E-state index in [-0.39, 0.29) is 0 Å². The Kier molecular flexibility index (Phi) is 3.01. The summed E-state index contributed by atoms with van der Waals surface area (Å²) in [6.07, 6.45) is 5.71. The number of hydrogen-bond acceptors (Lipinski definition) is 2. The van der Waals surface area contributed by atoms with Crippen LogP contribution in [0.25, 0.3) is 10.9 Å². The molecule has 0 aliphatic carbocycles. The Morgan fingerprint density at radius 1 is 1.21 bits per heavy atom. The Balaban J connectivity index is 2.08. The number of aromatic amines is 1. The zero-order valence-electron chi connectivity index (χ0n) is 10.0. The fourth-order valence-corrected chi connectivity index (χ4v) is 2.20. The minimum absolute atomic E-state index is 0.536. The van der Waals surface area contributed by atoms with Gasteiger partial charge in [0, 0.05) is 11.2 Å². The van der Waals surface area contributed by atoms with Gasteiger partial charge >= 0.3 is 5.52 Å². The Hall–Kier alpha value is -2.20. The topological polar surface area (TPSA) is 51.7 Å². The highest BCUT2D eigenvalue weighted by molar-refractivity contribution is 6.30. The van der Waals surface area contributed by atoms with Gasteiger partial charge in [0.05, 0.1) is 16.5 Å². The standard InChI is InChI=1S/C14H11ClN3O/c15-12-3-1-10(2-4-12)7-11-8-17-18(19)14-9-16-6-5-13(11)14/h1-6,8-9H,7H2,(H,17,19)/q+1. The van der Waals surface area contributed by atoms with Crippen molar-refractivity contribution in [1.29, 1.82) is 0 Å². The maximum absolute atomic E-state index is 11.6. The highest BCUT2D eigenvalue weighted by atomic mass is 35.5. The summed E-state index contributed by atoms with van der Waals surface area (Å²) in [7, 11) is 0. The van der Waals surface area contributed by atoms with Crippen LogP contribution in [-0.2, 0) is 6.42 Å². The molecule has 3 rings (SSSR count). The molecule has 0 atom stereocenters. The van der Waals surface area contributed by atoms with E-state index in [1.165, 1.54) is 0 Å². The molecule has 0 unspecified atom stereocenters. The Morgan fingerprint density at radius 3 is 2.79 bits per heavy atom. The van der Waals surface area contributed by atoms with Crippen molar-refractivity contribution >= 4 is 22.5 Å². The van der Waals surface area contributed by atoms with Crippen LogP contribution in [0.3, 0.4) is 0 Å². The second-order valence-electron chi connectivity index (χ2n) is 4.29. The molecule has 3 aromatic rings. The highest BCUT2D eigenvalue weighted by Crippen LogP contribution is 2.18. The molecule has 2 aromatic heterocycles. The molecule has 19 heavy (non-hydrogen) atoms. The average molecular weight is 273 g/mol. The first-order valence-corrected chi connectivity index (χ1v) is 6.23. The third kappa shape index (κ3) is 2.35. The van der Waals surface area contributed by atoms with Gasteiger partial charge in [-0.2, -0.15) is 0 Å². The van der Waals surface area contributed by atoms with Crippen LogP contribution >= 0.6 is 11.6 Å². The van der Waals surface area contributed by atoms with Gasteiger partial charge < -0.3 is 0 Å². The smallest absolute Gasteiger partial charge is 0.257 e. The maximum atomic E-state index is 11.6. The van der Waals surface area contributed by atoms with E-state index in [9.17, 15) is 4.91 Å². The number of hydrogen-bond donors (Lipinski definition) is 1. The van der Waals surface area contributed by atoms with Gasteiger partial charge in [-0.15, -0.1) is 5.10 Å². The number of benzene rings is 1. The van der Waals surface area contributed by atoms with Gasteiger partial charge in [0.1, 0.15) is 6.20 Å². The molecule has 0 bridgehead atoms. The van der Waals surface area contributed by atoms with E-state index in [0.29, 0.717) is 10.1 Å². The van der Waals surface area contributed by atoms with Crippen LogP contribution in [0.5, 0.6) is 0 Å². The fourth-order valence-electron chi connectivity index (χ4n) is 2.07. The summed E-state index contributed by atoms with van der Waals surface area (Å²) in [5.74, 6) is 0. The molecule has 94 valence electrons. The van der Waals surface area contributed by atoms with Gasteiger partial charge in [-0.3, -0.25) is 4.98 Å². The third-order valence-electron chi connectivity index (χ3n) is 3.03. The zero-order chi connectivity index (χ0) is 13.2. The molecule has 0 aliphatic heterocycles. The second-order valence-corrected chi connectivity index (χ2v) is 4.73. The molecule has 0 amide bonds. The molecule has 0 saturated heterocycles. The number of aromatic nitrogens is 3. The van der Waals surface area contributed by atoms with E-state index in [1.807, 2.05) is 30.3 Å². The lowest BCUT2D eigenvalue weighted by molar-refractivity contribution is -0.536. The van der Waals surface area contributed by atoms with Crippen molar-refractivity contribution in [2.45, 2.75) is 6.42 Å². The van der Waals surface area contributed by atoms with Crippen molar-refractivity contribution in [1.82, 2.24) is 10.1 Å². The van der Waals surface area contributed by atoms with Crippen LogP contribution in [0.4, 0.5) is 0 Å². The third-order valence-corrected chi connectivity index (χ3v) is 3.28. The Bertz CT molecular complexity index is 781. The second kappa shape index (κ2) is 4.82. The molecular formula is C14H11ClN3O+. The van der Waals surface area contributed by atoms with Crippen molar-refractivity contribution in [2.24, 2.45) is 0 Å². The number of pyridine rings is 1. The van der Waals surface area contributed by atoms with Gasteiger partial charge in [0.15, 0.2) is 4.54 Å². The van der Waals surface area contributed by atoms with Crippen LogP contribution in [0.1, 0.15) is 11.1 Å². The number of H-pyrrole nitrogens is 1. The monoisotopic (exact) mass is 272 g/mol. The van der Waals surface area contributed by atoms with Crippen LogP contribution in [0.15, 0.2) is 48.9 Å². The van der Waals surface area contributed by atoms with Crippen LogP contribution in [-0.4, -0.2) is 10.1 Å². The molecule has 0 saturated carbocycles. The average Bonchev–Trinajstić information content (AvgIpc) is 2.45. The summed E-state index contributed by atoms with van der Waals surface area (Å²) in [6, 6.07) is 9.53. The molecule has 1 aromatic carbocycles. The Labute approximate surface area is 114 Å². The molecule has 1 N–H and O–H groups in total. The van der Waals surface area contributed by atoms with Crippen LogP contribution < -0.4 is 4.54 Å². The maximum Gasteiger partial charge on any atom is 0.317 e. The predicted octanol–water partition coefficient (Wildman–Crippen LogP) is 2.72. The lowest BCUT2D eigenvalue weighted by atomic mass is 10.0. The van der Waals surface area contributed by atoms with E-state index in [0.717, 1.165) is 28.0 Å². The minimum atomic E-state index is 0.536. The molecule has 0 radical (unpaired) electrons. The summed E-state index contributed by atoms with van der Waals surface area (Å²) >= 11 is 5.87. The van der Waals surface area contributed by atoms with E-state index in [4.69, 9.17) is 11.6 Å². The number of nitrogens with zero attached hydrogens (tertiary/aromatic N) is 2. The van der Waals surface area contributed by atoms with Gasteiger partial charge in [-0.05, 0) is 35.7 Å². The van der Waals surface area contributed by atoms with E-state index < -0.39 is 0 Å². The van der Waals surface area contributed by atoms with Gasteiger partial charge in [0.25, 0.3) is 0 Å². The van der Waals surface area contributed by atoms with Crippen molar-refractivity contribution in [3.05, 3.63) is 70.0 Å². The van der Waals surface area contributed by atoms with E-state index in [1.54, 1.807) is 18.6 Å². The van der Waals surface area contributed by atoms with Gasteiger partial charge in [0.2, 0.25) is 0 Å². The summed E-state index contributed by atoms with van der Waals surface area (Å²) in [4.78, 5) is 15.6. The van der Waals surface area contributed by atoms with E-state index >= 15 is 0 Å². The van der Waals surface area contributed by atoms with Gasteiger partial charge in [-0.25, -0.2) is 0 Å². The SMILES string of the molecule is O=[n+]1[nH]cc(Cc2ccc(Cl)cc2)c2ccncc21. The first-order chi connectivity index (χ1) is 9.24. The van der Waals surface area contributed by atoms with Gasteiger partial charge in [-0.1, -0.05) is 23.7 Å². The number of rotatable bonds is 2. The minimum Gasteiger partial charge on any atom is -0.257 e. The quantitative estimate of drug-likeness (QED) is 0.729. The van der Waals surface area contributed by atoms with Crippen molar-refractivity contribution < 1.29 is 4.54 Å². The summed E-state index contributed by atoms with van der Waals surface area (Å²) in [5.41, 5.74) is 2.72. The molecule has 0 spiro atoms. The molecule has 0 aliphatic rings. The molecule has 5 heteroatoms. The summed E-state index contributed by atoms with van der Waals surface area (Å²) < 4.78 is 0.716. The first-order valence-electron chi connectivity index (χ1n) is 5.85.